The maximum absolute atomic E-state index is 9.75. The Hall–Kier alpha value is -4.48. The highest BCUT2D eigenvalue weighted by Gasteiger charge is 2.54. The van der Waals surface area contributed by atoms with Crippen LogP contribution in [0.25, 0.3) is 0 Å². The van der Waals surface area contributed by atoms with E-state index in [1.807, 2.05) is 42.5 Å². The predicted octanol–water partition coefficient (Wildman–Crippen LogP) is 11.7. The van der Waals surface area contributed by atoms with Crippen molar-refractivity contribution in [2.24, 2.45) is 0 Å². The van der Waals surface area contributed by atoms with E-state index in [0.717, 1.165) is 49.1 Å². The first-order valence-electron chi connectivity index (χ1n) is 23.2. The number of para-hydroxylation sites is 1. The van der Waals surface area contributed by atoms with Crippen LogP contribution in [0, 0.1) is 55.4 Å². The van der Waals surface area contributed by atoms with Gasteiger partial charge in [-0.25, -0.2) is 0 Å². The van der Waals surface area contributed by atoms with Crippen molar-refractivity contribution in [1.29, 1.82) is 0 Å². The Morgan fingerprint density at radius 2 is 0.928 bits per heavy atom. The van der Waals surface area contributed by atoms with E-state index in [0.29, 0.717) is 0 Å². The van der Waals surface area contributed by atoms with Gasteiger partial charge in [-0.2, -0.15) is 0 Å². The van der Waals surface area contributed by atoms with Gasteiger partial charge < -0.3 is 49.7 Å². The van der Waals surface area contributed by atoms with Crippen molar-refractivity contribution in [2.75, 3.05) is 27.7 Å². The summed E-state index contributed by atoms with van der Waals surface area (Å²) < 4.78 is 83.6. The molecule has 0 saturated carbocycles. The second-order valence-corrected chi connectivity index (χ2v) is 23.2. The van der Waals surface area contributed by atoms with E-state index < -0.39 is 60.5 Å². The number of halogens is 4. The van der Waals surface area contributed by atoms with E-state index in [1.54, 1.807) is 0 Å². The molecule has 0 bridgehead atoms. The molecule has 2 fully saturated rings. The zero-order chi connectivity index (χ0) is 49.8. The maximum atomic E-state index is 9.75. The Balaban J connectivity index is 0.00000134. The van der Waals surface area contributed by atoms with Crippen LogP contribution in [-0.2, 0) is 29.8 Å². The van der Waals surface area contributed by atoms with E-state index >= 15 is 0 Å². The third-order valence-electron chi connectivity index (χ3n) is 11.4. The fraction of sp³-hybridized carbons (Fsp3) is 0.345. The van der Waals surface area contributed by atoms with Crippen molar-refractivity contribution in [3.63, 3.8) is 0 Å². The standard InChI is InChI=1S/C55H64NO6P2.BF4/c1-35-21-36(2)26-45(25-35)63(46-27-37(3)22-38(4)28-46)61-52-51-50(34-57-54(60-51)43-17-13-12-14-18-43)59-55(58-49-20-16-15-19-44(49)33-56(9,10)11)53(52)62-64(47-29-39(5)23-40(6)30-47)48-31-41(7)24-42(8)32-48;2-1(3,4)5/h12-32,50-55H,33-34H2,1-11H3;/q+1;-1/t50-,51-,52+,53-,54-,55-;/m1./s1. The lowest BCUT2D eigenvalue weighted by atomic mass is 9.97. The average molecular weight is 984 g/mol. The number of fused-ring (bicyclic) bond motifs is 1. The number of ether oxygens (including phenoxy) is 4. The Labute approximate surface area is 408 Å². The Morgan fingerprint density at radius 3 is 1.35 bits per heavy atom. The summed E-state index contributed by atoms with van der Waals surface area (Å²) in [5.74, 6) is 0.749. The molecule has 14 heteroatoms. The third-order valence-corrected chi connectivity index (χ3v) is 15.3. The summed E-state index contributed by atoms with van der Waals surface area (Å²) in [7, 11) is -2.31. The number of quaternary nitrogens is 1. The smallest absolute Gasteiger partial charge is 0.461 e. The second kappa shape index (κ2) is 22.3. The molecule has 0 N–H and O–H groups in total. The molecule has 7 nitrogen and oxygen atoms in total. The van der Waals surface area contributed by atoms with E-state index in [1.165, 1.54) is 44.5 Å². The summed E-state index contributed by atoms with van der Waals surface area (Å²) in [6, 6.07) is 45.4. The van der Waals surface area contributed by atoms with E-state index in [-0.39, 0.29) is 6.61 Å². The van der Waals surface area contributed by atoms with Crippen LogP contribution in [0.2, 0.25) is 0 Å². The van der Waals surface area contributed by atoms with Gasteiger partial charge in [0, 0.05) is 32.3 Å². The van der Waals surface area contributed by atoms with Crippen molar-refractivity contribution in [3.05, 3.63) is 183 Å². The minimum atomic E-state index is -6.00. The molecule has 366 valence electrons. The first kappa shape index (κ1) is 52.4. The van der Waals surface area contributed by atoms with E-state index in [9.17, 15) is 17.3 Å². The number of rotatable bonds is 13. The van der Waals surface area contributed by atoms with Crippen LogP contribution in [-0.4, -0.2) is 70.2 Å². The molecule has 8 rings (SSSR count). The third kappa shape index (κ3) is 14.6. The molecule has 6 atom stereocenters. The largest absolute Gasteiger partial charge is 0.673 e. The molecule has 2 saturated heterocycles. The normalized spacial score (nSPS) is 20.6. The fourth-order valence-corrected chi connectivity index (χ4v) is 13.7. The van der Waals surface area contributed by atoms with Gasteiger partial charge in [0.15, 0.2) is 12.4 Å². The molecule has 0 amide bonds. The first-order valence-corrected chi connectivity index (χ1v) is 25.7. The summed E-state index contributed by atoms with van der Waals surface area (Å²) in [5.41, 5.74) is 11.5. The average Bonchev–Trinajstić information content (AvgIpc) is 3.23. The Bertz CT molecular complexity index is 2510. The van der Waals surface area contributed by atoms with Crippen molar-refractivity contribution >= 4 is 44.8 Å². The van der Waals surface area contributed by atoms with Crippen molar-refractivity contribution in [1.82, 2.24) is 0 Å². The summed E-state index contributed by atoms with van der Waals surface area (Å²) in [6.45, 7) is 18.3. The van der Waals surface area contributed by atoms with E-state index in [4.69, 9.17) is 28.0 Å². The van der Waals surface area contributed by atoms with Gasteiger partial charge in [0.2, 0.25) is 6.29 Å². The van der Waals surface area contributed by atoms with E-state index in [2.05, 4.69) is 161 Å². The van der Waals surface area contributed by atoms with Crippen LogP contribution in [0.4, 0.5) is 17.3 Å². The summed E-state index contributed by atoms with van der Waals surface area (Å²) >= 11 is 0. The van der Waals surface area contributed by atoms with Crippen LogP contribution in [0.15, 0.2) is 127 Å². The summed E-state index contributed by atoms with van der Waals surface area (Å²) in [5, 5.41) is 4.48. The molecule has 6 aromatic rings. The summed E-state index contributed by atoms with van der Waals surface area (Å²) in [6.07, 6.45) is -4.06. The van der Waals surface area contributed by atoms with Crippen molar-refractivity contribution < 1.29 is 49.7 Å². The first-order chi connectivity index (χ1) is 32.5. The molecule has 0 radical (unpaired) electrons. The molecule has 0 spiro atoms. The molecule has 0 aromatic heterocycles. The van der Waals surface area contributed by atoms with Gasteiger partial charge in [0.25, 0.3) is 0 Å². The van der Waals surface area contributed by atoms with Crippen molar-refractivity contribution in [2.45, 2.75) is 98.9 Å². The van der Waals surface area contributed by atoms with Crippen LogP contribution >= 0.6 is 16.3 Å². The lowest BCUT2D eigenvalue weighted by molar-refractivity contribution is -0.884. The van der Waals surface area contributed by atoms with Crippen LogP contribution in [0.5, 0.6) is 5.75 Å². The minimum absolute atomic E-state index is 0.283. The zero-order valence-corrected chi connectivity index (χ0v) is 43.2. The fourth-order valence-electron chi connectivity index (χ4n) is 9.10. The molecule has 2 heterocycles. The van der Waals surface area contributed by atoms with Gasteiger partial charge in [0.05, 0.1) is 44.0 Å². The second-order valence-electron chi connectivity index (χ2n) is 19.5. The van der Waals surface area contributed by atoms with Gasteiger partial charge in [-0.1, -0.05) is 111 Å². The zero-order valence-electron chi connectivity index (χ0n) is 41.4. The van der Waals surface area contributed by atoms with Crippen LogP contribution < -0.4 is 26.0 Å². The van der Waals surface area contributed by atoms with Crippen LogP contribution in [0.1, 0.15) is 61.9 Å². The number of nitrogens with zero attached hydrogens (tertiary/aromatic N) is 1. The van der Waals surface area contributed by atoms with Gasteiger partial charge in [-0.3, -0.25) is 0 Å². The molecule has 69 heavy (non-hydrogen) atoms. The Morgan fingerprint density at radius 1 is 0.536 bits per heavy atom. The molecule has 2 aliphatic rings. The summed E-state index contributed by atoms with van der Waals surface area (Å²) in [4.78, 5) is 0. The molecule has 0 aliphatic carbocycles. The number of hydrogen-bond donors (Lipinski definition) is 0. The molecular weight excluding hydrogens is 919 g/mol. The SMILES string of the molecule is Cc1cc(C)cc(P(O[C@@H]2[C@@H](OP(c3cc(C)cc(C)c3)c3cc(C)cc(C)c3)[C@H](Oc3ccccc3C[N+](C)(C)C)O[C@@H]3CO[C@@H](c4ccccc4)O[C@@H]23)c2cc(C)cc(C)c2)c1.F[B-](F)(F)F. The topological polar surface area (TPSA) is 55.4 Å². The predicted molar refractivity (Wildman–Crippen MR) is 273 cm³/mol. The Kier molecular flexibility index (Phi) is 16.9. The van der Waals surface area contributed by atoms with Crippen molar-refractivity contribution in [3.8, 4) is 5.75 Å². The molecule has 2 aliphatic heterocycles. The molecule has 6 aromatic carbocycles. The monoisotopic (exact) mass is 983 g/mol. The molecule has 0 unspecified atom stereocenters. The highest BCUT2D eigenvalue weighted by Crippen LogP contribution is 2.49. The highest BCUT2D eigenvalue weighted by molar-refractivity contribution is 7.69. The minimum Gasteiger partial charge on any atom is -0.461 e. The van der Waals surface area contributed by atoms with Gasteiger partial charge in [0.1, 0.15) is 30.6 Å². The molecular formula is C55H64BF4NO6P2. The van der Waals surface area contributed by atoms with Gasteiger partial charge in [-0.15, -0.1) is 0 Å². The lowest BCUT2D eigenvalue weighted by Crippen LogP contribution is -2.64. The number of aryl methyl sites for hydroxylation is 8. The maximum Gasteiger partial charge on any atom is 0.673 e. The van der Waals surface area contributed by atoms with Crippen LogP contribution in [0.3, 0.4) is 0 Å². The van der Waals surface area contributed by atoms with Gasteiger partial charge >= 0.3 is 7.25 Å². The highest BCUT2D eigenvalue weighted by atomic mass is 31.1. The number of benzene rings is 6. The quantitative estimate of drug-likeness (QED) is 0.0497. The van der Waals surface area contributed by atoms with Gasteiger partial charge in [-0.05, 0) is 116 Å². The number of hydrogen-bond acceptors (Lipinski definition) is 6. The lowest BCUT2D eigenvalue weighted by Gasteiger charge is -2.50.